The van der Waals surface area contributed by atoms with Gasteiger partial charge >= 0.3 is 12.1 Å². The number of carboxylic acids is 1. The number of aromatic nitrogens is 3. The fraction of sp³-hybridized carbons (Fsp3) is 0.438. The lowest BCUT2D eigenvalue weighted by Gasteiger charge is -2.19. The van der Waals surface area contributed by atoms with E-state index in [2.05, 4.69) is 44.8 Å². The summed E-state index contributed by atoms with van der Waals surface area (Å²) in [6.45, 7) is 2.15. The van der Waals surface area contributed by atoms with Gasteiger partial charge in [0.1, 0.15) is 5.82 Å². The summed E-state index contributed by atoms with van der Waals surface area (Å²) in [6, 6.07) is 10.4. The molecule has 6 nitrogen and oxygen atoms in total. The van der Waals surface area contributed by atoms with Crippen LogP contribution in [0.5, 0.6) is 0 Å². The second-order valence-electron chi connectivity index (χ2n) is 5.63. The molecule has 1 aromatic heterocycles. The van der Waals surface area contributed by atoms with E-state index in [1.54, 1.807) is 0 Å². The number of hydrogen-bond donors (Lipinski definition) is 3. The van der Waals surface area contributed by atoms with E-state index in [1.165, 1.54) is 5.56 Å². The summed E-state index contributed by atoms with van der Waals surface area (Å²) in [4.78, 5) is 13.5. The Morgan fingerprint density at radius 1 is 1.20 bits per heavy atom. The van der Waals surface area contributed by atoms with Crippen molar-refractivity contribution in [3.8, 4) is 0 Å². The molecule has 1 aromatic carbocycles. The van der Waals surface area contributed by atoms with Gasteiger partial charge in [0.25, 0.3) is 0 Å². The van der Waals surface area contributed by atoms with Crippen molar-refractivity contribution in [2.45, 2.75) is 31.4 Å². The molecule has 0 radical (unpaired) electrons. The normalized spacial score (nSPS) is 15.3. The van der Waals surface area contributed by atoms with Crippen LogP contribution in [0.25, 0.3) is 0 Å². The highest BCUT2D eigenvalue weighted by Crippen LogP contribution is 2.22. The Balaban J connectivity index is 0.000000277. The third-order valence-electron chi connectivity index (χ3n) is 3.71. The summed E-state index contributed by atoms with van der Waals surface area (Å²) in [7, 11) is 0. The van der Waals surface area contributed by atoms with E-state index in [0.717, 1.165) is 44.0 Å². The van der Waals surface area contributed by atoms with Gasteiger partial charge in [-0.25, -0.2) is 9.78 Å². The number of carbonyl (C=O) groups is 1. The zero-order valence-electron chi connectivity index (χ0n) is 13.4. The predicted octanol–water partition coefficient (Wildman–Crippen LogP) is 2.50. The van der Waals surface area contributed by atoms with Crippen molar-refractivity contribution in [3.05, 3.63) is 47.5 Å². The Kier molecular flexibility index (Phi) is 6.51. The van der Waals surface area contributed by atoms with Crippen molar-refractivity contribution in [1.29, 1.82) is 0 Å². The monoisotopic (exact) mass is 356 g/mol. The third kappa shape index (κ3) is 6.18. The summed E-state index contributed by atoms with van der Waals surface area (Å²) < 4.78 is 31.7. The molecule has 0 spiro atoms. The fourth-order valence-corrected chi connectivity index (χ4v) is 2.44. The molecule has 0 aliphatic carbocycles. The number of rotatable bonds is 3. The average Bonchev–Trinajstić information content (AvgIpc) is 3.05. The van der Waals surface area contributed by atoms with Crippen LogP contribution in [0.4, 0.5) is 13.2 Å². The molecule has 0 unspecified atom stereocenters. The van der Waals surface area contributed by atoms with Crippen molar-refractivity contribution in [2.75, 3.05) is 13.1 Å². The number of hydrogen-bond acceptors (Lipinski definition) is 4. The first kappa shape index (κ1) is 18.9. The largest absolute Gasteiger partial charge is 0.490 e. The van der Waals surface area contributed by atoms with Crippen LogP contribution in [0, 0.1) is 0 Å². The van der Waals surface area contributed by atoms with Crippen molar-refractivity contribution in [2.24, 2.45) is 0 Å². The van der Waals surface area contributed by atoms with E-state index in [1.807, 2.05) is 6.07 Å². The minimum Gasteiger partial charge on any atom is -0.475 e. The summed E-state index contributed by atoms with van der Waals surface area (Å²) >= 11 is 0. The summed E-state index contributed by atoms with van der Waals surface area (Å²) in [5.74, 6) is -0.281. The van der Waals surface area contributed by atoms with E-state index in [0.29, 0.717) is 5.92 Å². The molecule has 0 saturated carbocycles. The van der Waals surface area contributed by atoms with Crippen molar-refractivity contribution >= 4 is 5.97 Å². The number of halogens is 3. The van der Waals surface area contributed by atoms with Gasteiger partial charge in [-0.3, -0.25) is 5.10 Å². The minimum atomic E-state index is -5.08. The van der Waals surface area contributed by atoms with Gasteiger partial charge in [0, 0.05) is 12.3 Å². The molecular formula is C16H19F3N4O2. The molecule has 2 aromatic rings. The molecule has 25 heavy (non-hydrogen) atoms. The average molecular weight is 356 g/mol. The van der Waals surface area contributed by atoms with Gasteiger partial charge in [-0.05, 0) is 31.5 Å². The molecule has 0 bridgehead atoms. The number of carboxylic acid groups (broad SMARTS) is 1. The Hall–Kier alpha value is -2.42. The summed E-state index contributed by atoms with van der Waals surface area (Å²) in [5.41, 5.74) is 1.27. The Morgan fingerprint density at radius 2 is 1.80 bits per heavy atom. The van der Waals surface area contributed by atoms with Crippen LogP contribution in [-0.4, -0.2) is 45.5 Å². The molecule has 0 amide bonds. The number of aliphatic carboxylic acids is 1. The number of benzene rings is 1. The highest BCUT2D eigenvalue weighted by molar-refractivity contribution is 5.73. The lowest BCUT2D eigenvalue weighted by molar-refractivity contribution is -0.192. The van der Waals surface area contributed by atoms with Crippen molar-refractivity contribution < 1.29 is 23.1 Å². The molecule has 3 N–H and O–H groups in total. The number of alkyl halides is 3. The Bertz CT molecular complexity index is 668. The van der Waals surface area contributed by atoms with Crippen LogP contribution in [0.15, 0.2) is 30.3 Å². The van der Waals surface area contributed by atoms with Crippen LogP contribution in [0.3, 0.4) is 0 Å². The van der Waals surface area contributed by atoms with Gasteiger partial charge in [0.05, 0.1) is 0 Å². The molecule has 1 aliphatic heterocycles. The van der Waals surface area contributed by atoms with E-state index < -0.39 is 12.1 Å². The van der Waals surface area contributed by atoms with Crippen molar-refractivity contribution in [3.63, 3.8) is 0 Å². The third-order valence-corrected chi connectivity index (χ3v) is 3.71. The molecule has 1 fully saturated rings. The van der Waals surface area contributed by atoms with Crippen LogP contribution < -0.4 is 5.32 Å². The fourth-order valence-electron chi connectivity index (χ4n) is 2.44. The highest BCUT2D eigenvalue weighted by Gasteiger charge is 2.38. The first-order valence-electron chi connectivity index (χ1n) is 7.82. The van der Waals surface area contributed by atoms with Gasteiger partial charge in [0.15, 0.2) is 5.82 Å². The standard InChI is InChI=1S/C14H18N4.C2HF3O2/c1-2-4-11(5-3-1)10-13-16-14(18-17-13)12-6-8-15-9-7-12;3-2(4,5)1(6)7/h1-5,12,15H,6-10H2,(H,16,17,18);(H,6,7). The smallest absolute Gasteiger partial charge is 0.475 e. The first-order valence-corrected chi connectivity index (χ1v) is 7.82. The second-order valence-corrected chi connectivity index (χ2v) is 5.63. The number of nitrogens with zero attached hydrogens (tertiary/aromatic N) is 2. The minimum absolute atomic E-state index is 0.520. The Labute approximate surface area is 142 Å². The number of aromatic amines is 1. The highest BCUT2D eigenvalue weighted by atomic mass is 19.4. The number of nitrogens with one attached hydrogen (secondary N) is 2. The second kappa shape index (κ2) is 8.61. The lowest BCUT2D eigenvalue weighted by Crippen LogP contribution is -2.27. The van der Waals surface area contributed by atoms with Gasteiger partial charge in [-0.15, -0.1) is 0 Å². The predicted molar refractivity (Wildman–Crippen MR) is 84.2 cm³/mol. The molecule has 0 atom stereocenters. The molecule has 3 rings (SSSR count). The zero-order valence-corrected chi connectivity index (χ0v) is 13.4. The van der Waals surface area contributed by atoms with Crippen LogP contribution in [0.2, 0.25) is 0 Å². The van der Waals surface area contributed by atoms with Gasteiger partial charge in [0.2, 0.25) is 0 Å². The summed E-state index contributed by atoms with van der Waals surface area (Å²) in [5, 5.41) is 17.9. The van der Waals surface area contributed by atoms with E-state index in [4.69, 9.17) is 9.90 Å². The van der Waals surface area contributed by atoms with Crippen LogP contribution in [0.1, 0.15) is 36.0 Å². The van der Waals surface area contributed by atoms with Crippen LogP contribution >= 0.6 is 0 Å². The maximum atomic E-state index is 10.6. The molecule has 9 heteroatoms. The van der Waals surface area contributed by atoms with Gasteiger partial charge in [-0.1, -0.05) is 30.3 Å². The summed E-state index contributed by atoms with van der Waals surface area (Å²) in [6.07, 6.45) is -1.97. The SMILES string of the molecule is O=C(O)C(F)(F)F.c1ccc(Cc2nc(C3CCNCC3)n[nH]2)cc1. The molecule has 136 valence electrons. The first-order chi connectivity index (χ1) is 11.9. The zero-order chi connectivity index (χ0) is 18.3. The van der Waals surface area contributed by atoms with Crippen LogP contribution in [-0.2, 0) is 11.2 Å². The molecule has 1 saturated heterocycles. The van der Waals surface area contributed by atoms with Crippen molar-refractivity contribution in [1.82, 2.24) is 20.5 Å². The molecule has 2 heterocycles. The maximum Gasteiger partial charge on any atom is 0.490 e. The van der Waals surface area contributed by atoms with E-state index >= 15 is 0 Å². The maximum absolute atomic E-state index is 10.6. The topological polar surface area (TPSA) is 90.9 Å². The Morgan fingerprint density at radius 3 is 2.36 bits per heavy atom. The van der Waals surface area contributed by atoms with E-state index in [9.17, 15) is 13.2 Å². The van der Waals surface area contributed by atoms with Gasteiger partial charge < -0.3 is 10.4 Å². The molecule has 1 aliphatic rings. The number of H-pyrrole nitrogens is 1. The quantitative estimate of drug-likeness (QED) is 0.786. The van der Waals surface area contributed by atoms with E-state index in [-0.39, 0.29) is 0 Å². The van der Waals surface area contributed by atoms with Gasteiger partial charge in [-0.2, -0.15) is 18.3 Å². The lowest BCUT2D eigenvalue weighted by atomic mass is 9.98. The number of piperidine rings is 1. The molecular weight excluding hydrogens is 337 g/mol.